The number of halogens is 3. The lowest BCUT2D eigenvalue weighted by atomic mass is 10.1. The Bertz CT molecular complexity index is 1040. The molecule has 1 aromatic heterocycles. The van der Waals surface area contributed by atoms with E-state index in [1.54, 1.807) is 37.3 Å². The van der Waals surface area contributed by atoms with Crippen molar-refractivity contribution in [1.82, 2.24) is 9.97 Å². The van der Waals surface area contributed by atoms with Gasteiger partial charge in [-0.05, 0) is 43.3 Å². The first-order valence-electron chi connectivity index (χ1n) is 8.75. The van der Waals surface area contributed by atoms with Crippen LogP contribution in [0.3, 0.4) is 0 Å². The number of aryl methyl sites for hydroxylation is 1. The van der Waals surface area contributed by atoms with Gasteiger partial charge in [-0.15, -0.1) is 0 Å². The lowest BCUT2D eigenvalue weighted by Gasteiger charge is -2.14. The Morgan fingerprint density at radius 1 is 0.967 bits per heavy atom. The van der Waals surface area contributed by atoms with Gasteiger partial charge in [0.15, 0.2) is 0 Å². The number of ether oxygens (including phenoxy) is 1. The summed E-state index contributed by atoms with van der Waals surface area (Å²) in [5.74, 6) is 1.48. The second kappa shape index (κ2) is 8.68. The van der Waals surface area contributed by atoms with Crippen molar-refractivity contribution < 1.29 is 22.7 Å². The first-order chi connectivity index (χ1) is 14.2. The van der Waals surface area contributed by atoms with Crippen LogP contribution in [0.25, 0.3) is 0 Å². The summed E-state index contributed by atoms with van der Waals surface area (Å²) in [4.78, 5) is 20.5. The molecule has 0 fully saturated rings. The molecule has 0 atom stereocenters. The highest BCUT2D eigenvalue weighted by atomic mass is 19.4. The number of methoxy groups -OCH3 is 1. The van der Waals surface area contributed by atoms with E-state index in [-0.39, 0.29) is 5.69 Å². The van der Waals surface area contributed by atoms with Crippen molar-refractivity contribution in [3.05, 3.63) is 66.0 Å². The number of amides is 2. The van der Waals surface area contributed by atoms with Crippen LogP contribution in [0, 0.1) is 6.92 Å². The van der Waals surface area contributed by atoms with E-state index in [9.17, 15) is 18.0 Å². The molecule has 2 aromatic carbocycles. The van der Waals surface area contributed by atoms with Crippen molar-refractivity contribution in [3.8, 4) is 5.88 Å². The van der Waals surface area contributed by atoms with Crippen LogP contribution >= 0.6 is 0 Å². The lowest BCUT2D eigenvalue weighted by molar-refractivity contribution is -0.136. The van der Waals surface area contributed by atoms with Gasteiger partial charge in [-0.2, -0.15) is 18.2 Å². The van der Waals surface area contributed by atoms with Crippen LogP contribution in [0.5, 0.6) is 5.88 Å². The summed E-state index contributed by atoms with van der Waals surface area (Å²) in [6, 6.07) is 12.2. The smallest absolute Gasteiger partial charge is 0.418 e. The number of benzene rings is 2. The summed E-state index contributed by atoms with van der Waals surface area (Å²) in [6.45, 7) is 1.73. The molecule has 0 aliphatic carbocycles. The maximum atomic E-state index is 13.0. The van der Waals surface area contributed by atoms with Crippen LogP contribution in [-0.2, 0) is 6.18 Å². The molecule has 0 saturated carbocycles. The third-order valence-electron chi connectivity index (χ3n) is 3.92. The van der Waals surface area contributed by atoms with Gasteiger partial charge in [0.2, 0.25) is 5.88 Å². The number of hydrogen-bond donors (Lipinski definition) is 3. The zero-order valence-electron chi connectivity index (χ0n) is 16.0. The Labute approximate surface area is 170 Å². The molecular weight excluding hydrogens is 399 g/mol. The summed E-state index contributed by atoms with van der Waals surface area (Å²) < 4.78 is 44.2. The molecule has 0 bridgehead atoms. The summed E-state index contributed by atoms with van der Waals surface area (Å²) >= 11 is 0. The van der Waals surface area contributed by atoms with Crippen LogP contribution in [0.4, 0.5) is 40.8 Å². The number of urea groups is 1. The fraction of sp³-hybridized carbons (Fsp3) is 0.150. The Hall–Kier alpha value is -3.82. The zero-order chi connectivity index (χ0) is 21.7. The van der Waals surface area contributed by atoms with Crippen molar-refractivity contribution in [2.24, 2.45) is 0 Å². The summed E-state index contributed by atoms with van der Waals surface area (Å²) in [7, 11) is 1.50. The van der Waals surface area contributed by atoms with Crippen molar-refractivity contribution in [2.45, 2.75) is 13.1 Å². The Kier molecular flexibility index (Phi) is 6.05. The van der Waals surface area contributed by atoms with E-state index in [0.717, 1.165) is 6.07 Å². The third-order valence-corrected chi connectivity index (χ3v) is 3.92. The maximum Gasteiger partial charge on any atom is 0.418 e. The predicted octanol–water partition coefficient (Wildman–Crippen LogP) is 5.20. The van der Waals surface area contributed by atoms with Gasteiger partial charge >= 0.3 is 12.2 Å². The van der Waals surface area contributed by atoms with Gasteiger partial charge in [-0.25, -0.2) is 9.78 Å². The standard InChI is InChI=1S/C20H18F3N5O2/c1-12-24-17(11-18(25-12)30-2)26-13-7-9-14(10-8-13)27-19(29)28-16-6-4-3-5-15(16)20(21,22)23/h3-11H,1-2H3,(H,24,25,26)(H2,27,28,29). The molecule has 0 aliphatic heterocycles. The Morgan fingerprint density at radius 2 is 1.63 bits per heavy atom. The van der Waals surface area contributed by atoms with Gasteiger partial charge < -0.3 is 20.7 Å². The fourth-order valence-electron chi connectivity index (χ4n) is 2.62. The van der Waals surface area contributed by atoms with E-state index >= 15 is 0 Å². The molecule has 0 spiro atoms. The highest BCUT2D eigenvalue weighted by Gasteiger charge is 2.33. The quantitative estimate of drug-likeness (QED) is 0.531. The second-order valence-electron chi connectivity index (χ2n) is 6.17. The van der Waals surface area contributed by atoms with Crippen molar-refractivity contribution in [3.63, 3.8) is 0 Å². The van der Waals surface area contributed by atoms with Crippen LogP contribution in [0.2, 0.25) is 0 Å². The number of rotatable bonds is 5. The predicted molar refractivity (Wildman–Crippen MR) is 107 cm³/mol. The molecule has 0 saturated heterocycles. The molecule has 3 aromatic rings. The third kappa shape index (κ3) is 5.37. The average Bonchev–Trinajstić information content (AvgIpc) is 2.68. The number of carbonyl (C=O) groups excluding carboxylic acids is 1. The first-order valence-corrected chi connectivity index (χ1v) is 8.75. The number of anilines is 4. The largest absolute Gasteiger partial charge is 0.481 e. The molecule has 0 radical (unpaired) electrons. The normalized spacial score (nSPS) is 11.0. The van der Waals surface area contributed by atoms with E-state index in [1.165, 1.54) is 25.3 Å². The minimum absolute atomic E-state index is 0.325. The number of aromatic nitrogens is 2. The van der Waals surface area contributed by atoms with Crippen LogP contribution in [0.1, 0.15) is 11.4 Å². The number of hydrogen-bond acceptors (Lipinski definition) is 5. The molecule has 0 aliphatic rings. The first kappa shape index (κ1) is 20.9. The van der Waals surface area contributed by atoms with Crippen molar-refractivity contribution in [1.29, 1.82) is 0 Å². The second-order valence-corrected chi connectivity index (χ2v) is 6.17. The number of para-hydroxylation sites is 1. The maximum absolute atomic E-state index is 13.0. The molecule has 30 heavy (non-hydrogen) atoms. The van der Waals surface area contributed by atoms with Crippen LogP contribution in [-0.4, -0.2) is 23.1 Å². The number of nitrogens with zero attached hydrogens (tertiary/aromatic N) is 2. The number of carbonyl (C=O) groups is 1. The van der Waals surface area contributed by atoms with Crippen LogP contribution < -0.4 is 20.7 Å². The molecular formula is C20H18F3N5O2. The molecule has 0 unspecified atom stereocenters. The molecule has 3 N–H and O–H groups in total. The van der Waals surface area contributed by atoms with Gasteiger partial charge in [0.1, 0.15) is 11.6 Å². The fourth-order valence-corrected chi connectivity index (χ4v) is 2.62. The molecule has 10 heteroatoms. The number of alkyl halides is 3. The highest BCUT2D eigenvalue weighted by Crippen LogP contribution is 2.34. The molecule has 2 amide bonds. The zero-order valence-corrected chi connectivity index (χ0v) is 16.0. The number of nitrogens with one attached hydrogen (secondary N) is 3. The van der Waals surface area contributed by atoms with Crippen LogP contribution in [0.15, 0.2) is 54.6 Å². The van der Waals surface area contributed by atoms with E-state index < -0.39 is 17.8 Å². The highest BCUT2D eigenvalue weighted by molar-refractivity contribution is 6.00. The van der Waals surface area contributed by atoms with Gasteiger partial charge in [0.05, 0.1) is 18.4 Å². The Balaban J connectivity index is 1.65. The van der Waals surface area contributed by atoms with Crippen molar-refractivity contribution >= 4 is 28.9 Å². The van der Waals surface area contributed by atoms with Crippen molar-refractivity contribution in [2.75, 3.05) is 23.1 Å². The van der Waals surface area contributed by atoms with Gasteiger partial charge in [-0.1, -0.05) is 12.1 Å². The SMILES string of the molecule is COc1cc(Nc2ccc(NC(=O)Nc3ccccc3C(F)(F)F)cc2)nc(C)n1. The minimum atomic E-state index is -4.57. The Morgan fingerprint density at radius 3 is 2.30 bits per heavy atom. The summed E-state index contributed by atoms with van der Waals surface area (Å²) in [6.07, 6.45) is -4.57. The van der Waals surface area contributed by atoms with Gasteiger partial charge in [-0.3, -0.25) is 0 Å². The van der Waals surface area contributed by atoms with E-state index in [2.05, 4.69) is 25.9 Å². The monoisotopic (exact) mass is 417 g/mol. The molecule has 156 valence electrons. The van der Waals surface area contributed by atoms with E-state index in [4.69, 9.17) is 4.74 Å². The van der Waals surface area contributed by atoms with E-state index in [1.807, 2.05) is 0 Å². The molecule has 3 rings (SSSR count). The lowest BCUT2D eigenvalue weighted by Crippen LogP contribution is -2.21. The topological polar surface area (TPSA) is 88.2 Å². The summed E-state index contributed by atoms with van der Waals surface area (Å²) in [5, 5.41) is 7.80. The summed E-state index contributed by atoms with van der Waals surface area (Å²) in [5.41, 5.74) is -0.161. The van der Waals surface area contributed by atoms with Gasteiger partial charge in [0.25, 0.3) is 0 Å². The minimum Gasteiger partial charge on any atom is -0.481 e. The van der Waals surface area contributed by atoms with Gasteiger partial charge in [0, 0.05) is 17.4 Å². The molecule has 7 nitrogen and oxygen atoms in total. The average molecular weight is 417 g/mol. The molecule has 1 heterocycles. The van der Waals surface area contributed by atoms with E-state index in [0.29, 0.717) is 28.9 Å².